The summed E-state index contributed by atoms with van der Waals surface area (Å²) < 4.78 is 3.73. The second-order valence-corrected chi connectivity index (χ2v) is 8.56. The number of benzene rings is 2. The van der Waals surface area contributed by atoms with Gasteiger partial charge < -0.3 is 5.32 Å². The van der Waals surface area contributed by atoms with E-state index in [1.54, 1.807) is 6.20 Å². The van der Waals surface area contributed by atoms with E-state index in [0.29, 0.717) is 12.1 Å². The van der Waals surface area contributed by atoms with E-state index >= 15 is 0 Å². The Labute approximate surface area is 182 Å². The number of nitrogens with one attached hydrogen (secondary N) is 1. The van der Waals surface area contributed by atoms with E-state index in [1.165, 1.54) is 0 Å². The van der Waals surface area contributed by atoms with Crippen molar-refractivity contribution in [1.82, 2.24) is 24.9 Å². The predicted molar refractivity (Wildman–Crippen MR) is 122 cm³/mol. The maximum absolute atomic E-state index is 12.9. The summed E-state index contributed by atoms with van der Waals surface area (Å²) >= 11 is 0. The normalized spacial score (nSPS) is 11.5. The highest BCUT2D eigenvalue weighted by Crippen LogP contribution is 2.24. The third-order valence-corrected chi connectivity index (χ3v) is 5.19. The van der Waals surface area contributed by atoms with Crippen LogP contribution in [-0.4, -0.2) is 25.5 Å². The molecule has 158 valence electrons. The Bertz CT molecular complexity index is 1180. The first-order valence-electron chi connectivity index (χ1n) is 10.4. The average Bonchev–Trinajstić information content (AvgIpc) is 3.37. The Morgan fingerprint density at radius 3 is 2.26 bits per heavy atom. The van der Waals surface area contributed by atoms with Crippen molar-refractivity contribution in [1.29, 1.82) is 0 Å². The first-order chi connectivity index (χ1) is 14.8. The predicted octanol–water partition coefficient (Wildman–Crippen LogP) is 4.73. The molecule has 1 amide bonds. The van der Waals surface area contributed by atoms with Crippen LogP contribution in [0.2, 0.25) is 0 Å². The molecule has 4 aromatic rings. The molecule has 6 nitrogen and oxygen atoms in total. The molecule has 0 fully saturated rings. The van der Waals surface area contributed by atoms with Crippen molar-refractivity contribution in [3.63, 3.8) is 0 Å². The molecule has 2 aromatic carbocycles. The quantitative estimate of drug-likeness (QED) is 0.514. The van der Waals surface area contributed by atoms with Gasteiger partial charge in [0, 0.05) is 29.6 Å². The zero-order valence-corrected chi connectivity index (χ0v) is 18.3. The van der Waals surface area contributed by atoms with Gasteiger partial charge in [-0.05, 0) is 39.8 Å². The summed E-state index contributed by atoms with van der Waals surface area (Å²) in [5, 5.41) is 12.3. The van der Waals surface area contributed by atoms with E-state index in [1.807, 2.05) is 83.1 Å². The van der Waals surface area contributed by atoms with Crippen LogP contribution in [0.3, 0.4) is 0 Å². The lowest BCUT2D eigenvalue weighted by Crippen LogP contribution is -2.26. The van der Waals surface area contributed by atoms with Gasteiger partial charge in [0.05, 0.1) is 28.7 Å². The highest BCUT2D eigenvalue weighted by molar-refractivity contribution is 5.95. The summed E-state index contributed by atoms with van der Waals surface area (Å²) in [6.07, 6.45) is 3.62. The summed E-state index contributed by atoms with van der Waals surface area (Å²) in [4.78, 5) is 12.9. The van der Waals surface area contributed by atoms with E-state index in [4.69, 9.17) is 5.10 Å². The Balaban J connectivity index is 1.62. The van der Waals surface area contributed by atoms with Crippen LogP contribution in [0.1, 0.15) is 42.4 Å². The van der Waals surface area contributed by atoms with Gasteiger partial charge in [0.2, 0.25) is 0 Å². The lowest BCUT2D eigenvalue weighted by Gasteiger charge is -2.21. The molecule has 0 spiro atoms. The number of carbonyl (C=O) groups excluding carboxylic acids is 1. The van der Waals surface area contributed by atoms with Gasteiger partial charge in [-0.2, -0.15) is 10.2 Å². The average molecular weight is 414 g/mol. The Kier molecular flexibility index (Phi) is 5.46. The molecule has 4 rings (SSSR count). The number of hydrogen-bond donors (Lipinski definition) is 1. The SMILES string of the molecule is Cc1c(C(=O)NCc2cn(-c3ccccc3)nc2-c2ccccc2)cnn1C(C)(C)C. The largest absolute Gasteiger partial charge is 0.348 e. The number of rotatable bonds is 5. The lowest BCUT2D eigenvalue weighted by molar-refractivity contribution is 0.0950. The third-order valence-electron chi connectivity index (χ3n) is 5.19. The van der Waals surface area contributed by atoms with Crippen LogP contribution < -0.4 is 5.32 Å². The molecule has 0 saturated heterocycles. The minimum absolute atomic E-state index is 0.139. The van der Waals surface area contributed by atoms with E-state index in [2.05, 4.69) is 31.2 Å². The topological polar surface area (TPSA) is 64.7 Å². The summed E-state index contributed by atoms with van der Waals surface area (Å²) in [7, 11) is 0. The molecular formula is C25H27N5O. The van der Waals surface area contributed by atoms with E-state index in [-0.39, 0.29) is 11.4 Å². The molecular weight excluding hydrogens is 386 g/mol. The van der Waals surface area contributed by atoms with Crippen molar-refractivity contribution in [2.75, 3.05) is 0 Å². The van der Waals surface area contributed by atoms with Crippen molar-refractivity contribution in [3.8, 4) is 16.9 Å². The van der Waals surface area contributed by atoms with Crippen LogP contribution in [-0.2, 0) is 12.1 Å². The lowest BCUT2D eigenvalue weighted by atomic mass is 10.1. The summed E-state index contributed by atoms with van der Waals surface area (Å²) in [5.74, 6) is -0.139. The van der Waals surface area contributed by atoms with Crippen molar-refractivity contribution in [2.24, 2.45) is 0 Å². The number of para-hydroxylation sites is 1. The molecule has 31 heavy (non-hydrogen) atoms. The smallest absolute Gasteiger partial charge is 0.255 e. The number of aromatic nitrogens is 4. The first kappa shape index (κ1) is 20.6. The van der Waals surface area contributed by atoms with Gasteiger partial charge >= 0.3 is 0 Å². The Hall–Kier alpha value is -3.67. The zero-order valence-electron chi connectivity index (χ0n) is 18.3. The highest BCUT2D eigenvalue weighted by Gasteiger charge is 2.22. The molecule has 1 N–H and O–H groups in total. The summed E-state index contributed by atoms with van der Waals surface area (Å²) in [6.45, 7) is 8.50. The minimum atomic E-state index is -0.181. The van der Waals surface area contributed by atoms with Crippen LogP contribution in [0.5, 0.6) is 0 Å². The van der Waals surface area contributed by atoms with Gasteiger partial charge in [-0.3, -0.25) is 9.48 Å². The third kappa shape index (κ3) is 4.28. The summed E-state index contributed by atoms with van der Waals surface area (Å²) in [5.41, 5.74) is 5.05. The number of amides is 1. The van der Waals surface area contributed by atoms with Crippen molar-refractivity contribution < 1.29 is 4.79 Å². The minimum Gasteiger partial charge on any atom is -0.348 e. The van der Waals surface area contributed by atoms with Gasteiger partial charge in [-0.25, -0.2) is 4.68 Å². The molecule has 0 radical (unpaired) electrons. The van der Waals surface area contributed by atoms with E-state index in [9.17, 15) is 4.79 Å². The maximum atomic E-state index is 12.9. The zero-order chi connectivity index (χ0) is 22.0. The van der Waals surface area contributed by atoms with Crippen LogP contribution in [0, 0.1) is 6.92 Å². The second kappa shape index (κ2) is 8.22. The summed E-state index contributed by atoms with van der Waals surface area (Å²) in [6, 6.07) is 20.0. The number of carbonyl (C=O) groups is 1. The molecule has 2 aromatic heterocycles. The number of nitrogens with zero attached hydrogens (tertiary/aromatic N) is 4. The highest BCUT2D eigenvalue weighted by atomic mass is 16.1. The molecule has 0 saturated carbocycles. The van der Waals surface area contributed by atoms with Crippen LogP contribution in [0.15, 0.2) is 73.1 Å². The number of hydrogen-bond acceptors (Lipinski definition) is 3. The van der Waals surface area contributed by atoms with Crippen molar-refractivity contribution in [2.45, 2.75) is 39.8 Å². The van der Waals surface area contributed by atoms with Crippen LogP contribution in [0.25, 0.3) is 16.9 Å². The molecule has 0 unspecified atom stereocenters. The van der Waals surface area contributed by atoms with Crippen molar-refractivity contribution in [3.05, 3.63) is 89.9 Å². The van der Waals surface area contributed by atoms with Gasteiger partial charge in [-0.1, -0.05) is 48.5 Å². The van der Waals surface area contributed by atoms with Crippen molar-refractivity contribution >= 4 is 5.91 Å². The monoisotopic (exact) mass is 413 g/mol. The molecule has 0 aliphatic heterocycles. The van der Waals surface area contributed by atoms with Gasteiger partial charge in [0.25, 0.3) is 5.91 Å². The van der Waals surface area contributed by atoms with Crippen LogP contribution in [0.4, 0.5) is 0 Å². The Morgan fingerprint density at radius 1 is 1.00 bits per heavy atom. The molecule has 0 aliphatic carbocycles. The molecule has 2 heterocycles. The van der Waals surface area contributed by atoms with Gasteiger partial charge in [-0.15, -0.1) is 0 Å². The Morgan fingerprint density at radius 2 is 1.65 bits per heavy atom. The van der Waals surface area contributed by atoms with E-state index < -0.39 is 0 Å². The fourth-order valence-corrected chi connectivity index (χ4v) is 3.67. The van der Waals surface area contributed by atoms with Crippen LogP contribution >= 0.6 is 0 Å². The molecule has 6 heteroatoms. The standard InChI is InChI=1S/C25H27N5O/c1-18-22(16-27-30(18)25(2,3)4)24(31)26-15-20-17-29(21-13-9-6-10-14-21)28-23(20)19-11-7-5-8-12-19/h5-14,16-17H,15H2,1-4H3,(H,26,31). The second-order valence-electron chi connectivity index (χ2n) is 8.56. The maximum Gasteiger partial charge on any atom is 0.255 e. The van der Waals surface area contributed by atoms with Gasteiger partial charge in [0.1, 0.15) is 0 Å². The molecule has 0 atom stereocenters. The molecule has 0 bridgehead atoms. The fraction of sp³-hybridized carbons (Fsp3) is 0.240. The molecule has 0 aliphatic rings. The van der Waals surface area contributed by atoms with E-state index in [0.717, 1.165) is 28.2 Å². The van der Waals surface area contributed by atoms with Gasteiger partial charge in [0.15, 0.2) is 0 Å². The first-order valence-corrected chi connectivity index (χ1v) is 10.4. The fourth-order valence-electron chi connectivity index (χ4n) is 3.67.